The highest BCUT2D eigenvalue weighted by molar-refractivity contribution is 5.75. The molecule has 0 aliphatic carbocycles. The van der Waals surface area contributed by atoms with Crippen molar-refractivity contribution < 1.29 is 4.48 Å². The van der Waals surface area contributed by atoms with Gasteiger partial charge in [0.1, 0.15) is 0 Å². The maximum atomic E-state index is 2.29. The number of unbranched alkanes of at least 4 members (excludes halogenated alkanes) is 11. The molecule has 0 saturated carbocycles. The van der Waals surface area contributed by atoms with E-state index in [1.165, 1.54) is 83.6 Å². The summed E-state index contributed by atoms with van der Waals surface area (Å²) in [6.07, 6.45) is 17.4. The Morgan fingerprint density at radius 2 is 0.842 bits per heavy atom. The van der Waals surface area contributed by atoms with Crippen LogP contribution in [0.1, 0.15) is 84.0 Å². The summed E-state index contributed by atoms with van der Waals surface area (Å²) in [5, 5.41) is 0. The third-order valence-corrected chi connectivity index (χ3v) is 3.68. The van der Waals surface area contributed by atoms with Crippen LogP contribution in [0.25, 0.3) is 0 Å². The zero-order valence-corrected chi connectivity index (χ0v) is 14.2. The monoisotopic (exact) mass is 267 g/mol. The van der Waals surface area contributed by atoms with Gasteiger partial charge in [-0.3, -0.25) is 0 Å². The molecule has 113 valence electrons. The van der Waals surface area contributed by atoms with E-state index in [-0.39, 0.29) is 8.41 Å². The maximum absolute atomic E-state index is 2.29. The molecule has 0 aromatic carbocycles. The lowest BCUT2D eigenvalue weighted by Gasteiger charge is -2.23. The molecule has 0 aliphatic rings. The second-order valence-electron chi connectivity index (χ2n) is 6.90. The third kappa shape index (κ3) is 20.5. The van der Waals surface area contributed by atoms with Crippen LogP contribution in [0.5, 0.6) is 0 Å². The van der Waals surface area contributed by atoms with E-state index in [9.17, 15) is 0 Å². The zero-order valence-electron chi connectivity index (χ0n) is 14.2. The van der Waals surface area contributed by atoms with Gasteiger partial charge in [-0.15, -0.1) is 0 Å². The number of quaternary nitrogens is 1. The molecule has 0 fully saturated rings. The summed E-state index contributed by atoms with van der Waals surface area (Å²) < 4.78 is 1.12. The fourth-order valence-electron chi connectivity index (χ4n) is 2.43. The Bertz CT molecular complexity index is 163. The number of hydrogen-bond acceptors (Lipinski definition) is 0. The molecule has 0 amide bonds. The second-order valence-corrected chi connectivity index (χ2v) is 6.90. The van der Waals surface area contributed by atoms with Gasteiger partial charge >= 0.3 is 0 Å². The van der Waals surface area contributed by atoms with E-state index in [2.05, 4.69) is 28.1 Å². The standard InChI is InChI=1S/C17H38N.B/c1-5-6-7-8-9-10-11-12-13-14-15-16-17-18(2,3)4;/h5-17H2,1-4H3;/q+1;. The van der Waals surface area contributed by atoms with Crippen LogP contribution in [0, 0.1) is 0 Å². The minimum Gasteiger partial charge on any atom is -0.331 e. The summed E-state index contributed by atoms with van der Waals surface area (Å²) in [6.45, 7) is 3.62. The molecular weight excluding hydrogens is 229 g/mol. The van der Waals surface area contributed by atoms with Crippen LogP contribution in [0.2, 0.25) is 0 Å². The van der Waals surface area contributed by atoms with Crippen LogP contribution < -0.4 is 0 Å². The lowest BCUT2D eigenvalue weighted by Crippen LogP contribution is -2.35. The highest BCUT2D eigenvalue weighted by atomic mass is 15.3. The average molecular weight is 267 g/mol. The van der Waals surface area contributed by atoms with Crippen molar-refractivity contribution >= 4 is 8.41 Å². The topological polar surface area (TPSA) is 0 Å². The quantitative estimate of drug-likeness (QED) is 0.250. The predicted molar refractivity (Wildman–Crippen MR) is 89.7 cm³/mol. The molecule has 0 aliphatic heterocycles. The van der Waals surface area contributed by atoms with Crippen molar-refractivity contribution in [2.24, 2.45) is 0 Å². The molecule has 0 rings (SSSR count). The summed E-state index contributed by atoms with van der Waals surface area (Å²) in [4.78, 5) is 0. The van der Waals surface area contributed by atoms with Gasteiger partial charge < -0.3 is 4.48 Å². The van der Waals surface area contributed by atoms with Crippen molar-refractivity contribution in [3.63, 3.8) is 0 Å². The van der Waals surface area contributed by atoms with Crippen LogP contribution in [0.3, 0.4) is 0 Å². The van der Waals surface area contributed by atoms with Gasteiger partial charge in [-0.1, -0.05) is 71.1 Å². The second kappa shape index (κ2) is 14.4. The van der Waals surface area contributed by atoms with Crippen molar-refractivity contribution in [1.82, 2.24) is 0 Å². The smallest absolute Gasteiger partial charge is 0.0780 e. The van der Waals surface area contributed by atoms with Gasteiger partial charge in [-0.25, -0.2) is 0 Å². The average Bonchev–Trinajstić information content (AvgIpc) is 2.29. The van der Waals surface area contributed by atoms with Crippen LogP contribution >= 0.6 is 0 Å². The SMILES string of the molecule is CCCCCCCCCCCCCC[N+](C)(C)C.[B]. The Hall–Kier alpha value is 0.0249. The molecule has 0 atom stereocenters. The lowest BCUT2D eigenvalue weighted by molar-refractivity contribution is -0.870. The van der Waals surface area contributed by atoms with Crippen molar-refractivity contribution in [3.05, 3.63) is 0 Å². The zero-order chi connectivity index (χ0) is 13.7. The molecule has 0 N–H and O–H groups in total. The Morgan fingerprint density at radius 1 is 0.526 bits per heavy atom. The number of nitrogens with zero attached hydrogens (tertiary/aromatic N) is 1. The minimum atomic E-state index is 0. The molecule has 0 aromatic heterocycles. The third-order valence-electron chi connectivity index (χ3n) is 3.68. The molecule has 0 unspecified atom stereocenters. The van der Waals surface area contributed by atoms with Crippen LogP contribution in [-0.4, -0.2) is 40.6 Å². The first-order valence-corrected chi connectivity index (χ1v) is 8.36. The van der Waals surface area contributed by atoms with Gasteiger partial charge in [-0.2, -0.15) is 0 Å². The Kier molecular flexibility index (Phi) is 16.2. The molecule has 1 nitrogen and oxygen atoms in total. The Labute approximate surface area is 125 Å². The number of hydrogen-bond donors (Lipinski definition) is 0. The fraction of sp³-hybridized carbons (Fsp3) is 1.00. The first kappa shape index (κ1) is 21.3. The Balaban J connectivity index is 0. The summed E-state index contributed by atoms with van der Waals surface area (Å²) in [6, 6.07) is 0. The van der Waals surface area contributed by atoms with Crippen LogP contribution in [0.15, 0.2) is 0 Å². The largest absolute Gasteiger partial charge is 0.331 e. The lowest BCUT2D eigenvalue weighted by atomic mass is 10.1. The van der Waals surface area contributed by atoms with Crippen molar-refractivity contribution in [1.29, 1.82) is 0 Å². The van der Waals surface area contributed by atoms with Gasteiger partial charge in [0.05, 0.1) is 27.7 Å². The highest BCUT2D eigenvalue weighted by Gasteiger charge is 2.04. The van der Waals surface area contributed by atoms with E-state index in [1.807, 2.05) is 0 Å². The summed E-state index contributed by atoms with van der Waals surface area (Å²) >= 11 is 0. The van der Waals surface area contributed by atoms with Gasteiger partial charge in [-0.05, 0) is 12.8 Å². The fourth-order valence-corrected chi connectivity index (χ4v) is 2.43. The summed E-state index contributed by atoms with van der Waals surface area (Å²) in [5.41, 5.74) is 0. The van der Waals surface area contributed by atoms with E-state index >= 15 is 0 Å². The highest BCUT2D eigenvalue weighted by Crippen LogP contribution is 2.12. The first-order chi connectivity index (χ1) is 8.56. The van der Waals surface area contributed by atoms with Crippen LogP contribution in [0.4, 0.5) is 0 Å². The minimum absolute atomic E-state index is 0. The molecule has 0 bridgehead atoms. The van der Waals surface area contributed by atoms with Gasteiger partial charge in [0.2, 0.25) is 0 Å². The molecule has 19 heavy (non-hydrogen) atoms. The van der Waals surface area contributed by atoms with Crippen molar-refractivity contribution in [3.8, 4) is 0 Å². The number of rotatable bonds is 13. The van der Waals surface area contributed by atoms with Crippen molar-refractivity contribution in [2.75, 3.05) is 27.7 Å². The first-order valence-electron chi connectivity index (χ1n) is 8.36. The van der Waals surface area contributed by atoms with Gasteiger partial charge in [0.25, 0.3) is 0 Å². The molecule has 0 saturated heterocycles. The van der Waals surface area contributed by atoms with Crippen molar-refractivity contribution in [2.45, 2.75) is 84.0 Å². The van der Waals surface area contributed by atoms with Gasteiger partial charge in [0.15, 0.2) is 0 Å². The summed E-state index contributed by atoms with van der Waals surface area (Å²) in [5.74, 6) is 0. The molecule has 3 radical (unpaired) electrons. The maximum Gasteiger partial charge on any atom is 0.0780 e. The molecular formula is C17H38BN+. The molecule has 0 heterocycles. The molecule has 0 aromatic rings. The summed E-state index contributed by atoms with van der Waals surface area (Å²) in [7, 11) is 6.87. The van der Waals surface area contributed by atoms with E-state index in [4.69, 9.17) is 0 Å². The van der Waals surface area contributed by atoms with Crippen LogP contribution in [-0.2, 0) is 0 Å². The van der Waals surface area contributed by atoms with E-state index in [0.717, 1.165) is 4.48 Å². The van der Waals surface area contributed by atoms with E-state index < -0.39 is 0 Å². The molecule has 0 spiro atoms. The van der Waals surface area contributed by atoms with E-state index in [1.54, 1.807) is 0 Å². The Morgan fingerprint density at radius 3 is 1.16 bits per heavy atom. The van der Waals surface area contributed by atoms with Gasteiger partial charge in [0, 0.05) is 8.41 Å². The normalized spacial score (nSPS) is 11.4. The predicted octanol–water partition coefficient (Wildman–Crippen LogP) is 5.01. The molecule has 2 heteroatoms. The van der Waals surface area contributed by atoms with E-state index in [0.29, 0.717) is 0 Å².